The molecular weight excluding hydrogens is 687 g/mol. The first-order valence-electron chi connectivity index (χ1n) is 18.7. The van der Waals surface area contributed by atoms with Crippen molar-refractivity contribution in [1.29, 1.82) is 0 Å². The largest absolute Gasteiger partial charge is 0.456 e. The molecule has 0 fully saturated rings. The molecule has 0 amide bonds. The average molecular weight is 720 g/mol. The lowest BCUT2D eigenvalue weighted by Gasteiger charge is -2.28. The summed E-state index contributed by atoms with van der Waals surface area (Å²) in [6.45, 7) is 0. The zero-order chi connectivity index (χ0) is 36.3. The van der Waals surface area contributed by atoms with E-state index in [0.29, 0.717) is 0 Å². The van der Waals surface area contributed by atoms with Gasteiger partial charge in [-0.3, -0.25) is 0 Å². The number of benzene rings is 9. The van der Waals surface area contributed by atoms with Crippen molar-refractivity contribution >= 4 is 81.3 Å². The molecule has 55 heavy (non-hydrogen) atoms. The maximum absolute atomic E-state index is 6.45. The standard InChI is InChI=1S/C52H33NOS/c1-2-14-39-34(12-1)13-11-20-43(39)42-17-4-3-15-40(42)35-24-27-37(28-25-35)53(38-29-30-45-44-18-6-9-22-49(44)54-50(45)33-38)48-21-8-5-16-41(48)36-26-31-52-47(32-36)46-19-7-10-23-51(46)55-52/h1-33H. The smallest absolute Gasteiger partial charge is 0.137 e. The Morgan fingerprint density at radius 3 is 1.85 bits per heavy atom. The molecule has 2 nitrogen and oxygen atoms in total. The van der Waals surface area contributed by atoms with E-state index in [1.54, 1.807) is 0 Å². The molecule has 11 rings (SSSR count). The Bertz CT molecular complexity index is 3220. The van der Waals surface area contributed by atoms with Crippen molar-refractivity contribution in [2.45, 2.75) is 0 Å². The first-order chi connectivity index (χ1) is 27.3. The molecule has 0 spiro atoms. The summed E-state index contributed by atoms with van der Waals surface area (Å²) in [5.74, 6) is 0. The van der Waals surface area contributed by atoms with Crippen LogP contribution in [-0.4, -0.2) is 0 Å². The molecule has 0 aliphatic heterocycles. The normalized spacial score (nSPS) is 11.6. The third-order valence-electron chi connectivity index (χ3n) is 10.9. The van der Waals surface area contributed by atoms with Gasteiger partial charge in [-0.15, -0.1) is 11.3 Å². The lowest BCUT2D eigenvalue weighted by atomic mass is 9.91. The van der Waals surface area contributed by atoms with Gasteiger partial charge in [-0.25, -0.2) is 0 Å². The van der Waals surface area contributed by atoms with E-state index in [1.807, 2.05) is 23.5 Å². The number of furan rings is 1. The van der Waals surface area contributed by atoms with Gasteiger partial charge < -0.3 is 9.32 Å². The third-order valence-corrected chi connectivity index (χ3v) is 12.0. The summed E-state index contributed by atoms with van der Waals surface area (Å²) in [7, 11) is 0. The summed E-state index contributed by atoms with van der Waals surface area (Å²) in [4.78, 5) is 2.37. The van der Waals surface area contributed by atoms with E-state index in [0.717, 1.165) is 44.6 Å². The van der Waals surface area contributed by atoms with E-state index in [2.05, 4.69) is 193 Å². The average Bonchev–Trinajstić information content (AvgIpc) is 3.82. The van der Waals surface area contributed by atoms with Gasteiger partial charge in [0.1, 0.15) is 11.2 Å². The van der Waals surface area contributed by atoms with Gasteiger partial charge in [0.2, 0.25) is 0 Å². The van der Waals surface area contributed by atoms with Crippen LogP contribution in [0, 0.1) is 0 Å². The molecule has 0 saturated heterocycles. The Kier molecular flexibility index (Phi) is 7.39. The van der Waals surface area contributed by atoms with Gasteiger partial charge in [0, 0.05) is 53.9 Å². The van der Waals surface area contributed by atoms with Gasteiger partial charge in [0.25, 0.3) is 0 Å². The Labute approximate surface area is 322 Å². The van der Waals surface area contributed by atoms with Crippen molar-refractivity contribution in [1.82, 2.24) is 0 Å². The zero-order valence-electron chi connectivity index (χ0n) is 29.8. The zero-order valence-corrected chi connectivity index (χ0v) is 30.6. The van der Waals surface area contributed by atoms with Crippen molar-refractivity contribution in [3.8, 4) is 33.4 Å². The number of hydrogen-bond acceptors (Lipinski definition) is 3. The minimum atomic E-state index is 0.868. The first-order valence-corrected chi connectivity index (χ1v) is 19.5. The minimum absolute atomic E-state index is 0.868. The van der Waals surface area contributed by atoms with Crippen molar-refractivity contribution in [2.24, 2.45) is 0 Å². The second-order valence-corrected chi connectivity index (χ2v) is 15.1. The highest BCUT2D eigenvalue weighted by Crippen LogP contribution is 2.45. The number of fused-ring (bicyclic) bond motifs is 7. The third kappa shape index (κ3) is 5.32. The van der Waals surface area contributed by atoms with Gasteiger partial charge >= 0.3 is 0 Å². The molecule has 0 radical (unpaired) electrons. The van der Waals surface area contributed by atoms with Crippen molar-refractivity contribution < 1.29 is 4.42 Å². The first kappa shape index (κ1) is 31.6. The van der Waals surface area contributed by atoms with E-state index in [1.165, 1.54) is 58.8 Å². The highest BCUT2D eigenvalue weighted by atomic mass is 32.1. The maximum Gasteiger partial charge on any atom is 0.137 e. The van der Waals surface area contributed by atoms with E-state index >= 15 is 0 Å². The fourth-order valence-corrected chi connectivity index (χ4v) is 9.39. The van der Waals surface area contributed by atoms with Crippen LogP contribution in [0.2, 0.25) is 0 Å². The molecule has 0 atom stereocenters. The fourth-order valence-electron chi connectivity index (χ4n) is 8.31. The molecule has 258 valence electrons. The quantitative estimate of drug-likeness (QED) is 0.170. The molecule has 0 aliphatic carbocycles. The molecule has 0 N–H and O–H groups in total. The van der Waals surface area contributed by atoms with E-state index in [4.69, 9.17) is 4.42 Å². The highest BCUT2D eigenvalue weighted by molar-refractivity contribution is 7.25. The van der Waals surface area contributed by atoms with Crippen LogP contribution in [0.15, 0.2) is 205 Å². The molecule has 0 bridgehead atoms. The Morgan fingerprint density at radius 1 is 0.345 bits per heavy atom. The lowest BCUT2D eigenvalue weighted by Crippen LogP contribution is -2.11. The second-order valence-electron chi connectivity index (χ2n) is 14.1. The van der Waals surface area contributed by atoms with Gasteiger partial charge in [0.05, 0.1) is 5.69 Å². The van der Waals surface area contributed by atoms with Gasteiger partial charge in [0.15, 0.2) is 0 Å². The molecule has 0 aliphatic rings. The molecule has 2 heterocycles. The summed E-state index contributed by atoms with van der Waals surface area (Å²) in [5.41, 5.74) is 12.1. The van der Waals surface area contributed by atoms with Crippen molar-refractivity contribution in [3.63, 3.8) is 0 Å². The predicted molar refractivity (Wildman–Crippen MR) is 235 cm³/mol. The minimum Gasteiger partial charge on any atom is -0.456 e. The Balaban J connectivity index is 1.08. The summed E-state index contributed by atoms with van der Waals surface area (Å²) in [6.07, 6.45) is 0. The molecule has 0 saturated carbocycles. The number of rotatable bonds is 6. The summed E-state index contributed by atoms with van der Waals surface area (Å²) in [6, 6.07) is 72.2. The van der Waals surface area contributed by atoms with Crippen LogP contribution < -0.4 is 4.90 Å². The topological polar surface area (TPSA) is 16.4 Å². The number of anilines is 3. The van der Waals surface area contributed by atoms with Gasteiger partial charge in [-0.2, -0.15) is 0 Å². The highest BCUT2D eigenvalue weighted by Gasteiger charge is 2.20. The number of hydrogen-bond donors (Lipinski definition) is 0. The maximum atomic E-state index is 6.45. The van der Waals surface area contributed by atoms with Crippen LogP contribution in [0.1, 0.15) is 0 Å². The second kappa shape index (κ2) is 12.9. The van der Waals surface area contributed by atoms with Crippen molar-refractivity contribution in [3.05, 3.63) is 200 Å². The van der Waals surface area contributed by atoms with Crippen LogP contribution in [0.25, 0.3) is 86.3 Å². The van der Waals surface area contributed by atoms with Gasteiger partial charge in [-0.1, -0.05) is 140 Å². The monoisotopic (exact) mass is 719 g/mol. The number of para-hydroxylation sites is 2. The molecule has 2 aromatic heterocycles. The van der Waals surface area contributed by atoms with Crippen LogP contribution >= 0.6 is 11.3 Å². The molecule has 11 aromatic rings. The van der Waals surface area contributed by atoms with Crippen LogP contribution in [0.4, 0.5) is 17.1 Å². The molecule has 9 aromatic carbocycles. The van der Waals surface area contributed by atoms with Crippen LogP contribution in [0.5, 0.6) is 0 Å². The Hall–Kier alpha value is -6.94. The summed E-state index contributed by atoms with van der Waals surface area (Å²) in [5, 5.41) is 7.33. The molecule has 0 unspecified atom stereocenters. The summed E-state index contributed by atoms with van der Waals surface area (Å²) >= 11 is 1.85. The number of nitrogens with zero attached hydrogens (tertiary/aromatic N) is 1. The molecular formula is C52H33NOS. The van der Waals surface area contributed by atoms with Crippen LogP contribution in [0.3, 0.4) is 0 Å². The van der Waals surface area contributed by atoms with Gasteiger partial charge in [-0.05, 0) is 93.2 Å². The number of thiophene rings is 1. The fraction of sp³-hybridized carbons (Fsp3) is 0. The predicted octanol–water partition coefficient (Wildman–Crippen LogP) is 15.6. The van der Waals surface area contributed by atoms with Crippen LogP contribution in [-0.2, 0) is 0 Å². The van der Waals surface area contributed by atoms with Crippen molar-refractivity contribution in [2.75, 3.05) is 4.90 Å². The Morgan fingerprint density at radius 2 is 0.964 bits per heavy atom. The SMILES string of the molecule is c1ccc(-c2cccc3ccccc23)c(-c2ccc(N(c3ccc4c(c3)oc3ccccc34)c3ccccc3-c3ccc4sc5ccccc5c4c3)cc2)c1. The van der Waals surface area contributed by atoms with E-state index in [-0.39, 0.29) is 0 Å². The lowest BCUT2D eigenvalue weighted by molar-refractivity contribution is 0.669. The van der Waals surface area contributed by atoms with E-state index < -0.39 is 0 Å². The molecule has 3 heteroatoms. The van der Waals surface area contributed by atoms with E-state index in [9.17, 15) is 0 Å². The summed E-state index contributed by atoms with van der Waals surface area (Å²) < 4.78 is 9.06.